The highest BCUT2D eigenvalue weighted by Gasteiger charge is 2.39. The first-order chi connectivity index (χ1) is 16.6. The monoisotopic (exact) mass is 511 g/mol. The van der Waals surface area contributed by atoms with E-state index in [9.17, 15) is 9.59 Å². The summed E-state index contributed by atoms with van der Waals surface area (Å²) < 4.78 is 16.7. The number of hydrogen-bond acceptors (Lipinski definition) is 5. The van der Waals surface area contributed by atoms with Crippen molar-refractivity contribution in [1.29, 1.82) is 0 Å². The van der Waals surface area contributed by atoms with Crippen molar-refractivity contribution in [1.82, 2.24) is 0 Å². The van der Waals surface area contributed by atoms with Crippen LogP contribution in [-0.4, -0.2) is 24.7 Å². The van der Waals surface area contributed by atoms with Gasteiger partial charge in [0, 0.05) is 21.2 Å². The topological polar surface area (TPSA) is 65.1 Å². The summed E-state index contributed by atoms with van der Waals surface area (Å²) in [6.45, 7) is 5.20. The first-order valence-corrected chi connectivity index (χ1v) is 11.5. The van der Waals surface area contributed by atoms with Crippen LogP contribution in [-0.2, 0) is 9.53 Å². The quantitative estimate of drug-likeness (QED) is 0.337. The molecule has 0 saturated heterocycles. The maximum Gasteiger partial charge on any atom is 0.422 e. The number of nitrogens with zero attached hydrogens (tertiary/aromatic N) is 1. The minimum absolute atomic E-state index is 0.282. The SMILES string of the molecule is COc1ccc(Oc2ccc(Cl)cc2/C=C2/C(=O)N(C(=O)OC(C)(C)C)c3cc(Cl)ccc32)cc1. The zero-order chi connectivity index (χ0) is 25.3. The van der Waals surface area contributed by atoms with Crippen LogP contribution in [0.15, 0.2) is 60.7 Å². The number of fused-ring (bicyclic) bond motifs is 1. The number of carbonyl (C=O) groups is 2. The van der Waals surface area contributed by atoms with Gasteiger partial charge < -0.3 is 14.2 Å². The molecule has 1 aliphatic heterocycles. The maximum atomic E-state index is 13.5. The van der Waals surface area contributed by atoms with Crippen LogP contribution in [0.5, 0.6) is 17.2 Å². The van der Waals surface area contributed by atoms with Gasteiger partial charge in [0.2, 0.25) is 0 Å². The van der Waals surface area contributed by atoms with Crippen LogP contribution in [0.4, 0.5) is 10.5 Å². The van der Waals surface area contributed by atoms with Gasteiger partial charge in [-0.25, -0.2) is 9.69 Å². The second-order valence-corrected chi connectivity index (χ2v) is 9.67. The van der Waals surface area contributed by atoms with E-state index in [1.54, 1.807) is 94.6 Å². The lowest BCUT2D eigenvalue weighted by atomic mass is 10.0. The molecule has 0 aromatic heterocycles. The van der Waals surface area contributed by atoms with Gasteiger partial charge in [0.05, 0.1) is 18.4 Å². The minimum Gasteiger partial charge on any atom is -0.497 e. The first kappa shape index (κ1) is 24.6. The average Bonchev–Trinajstić information content (AvgIpc) is 3.05. The van der Waals surface area contributed by atoms with Crippen LogP contribution in [0.3, 0.4) is 0 Å². The second kappa shape index (κ2) is 9.64. The van der Waals surface area contributed by atoms with Gasteiger partial charge in [0.25, 0.3) is 5.91 Å². The van der Waals surface area contributed by atoms with Crippen LogP contribution in [0.2, 0.25) is 10.0 Å². The summed E-state index contributed by atoms with van der Waals surface area (Å²) in [6, 6.07) is 17.1. The Labute approximate surface area is 213 Å². The molecule has 0 saturated carbocycles. The van der Waals surface area contributed by atoms with E-state index in [1.165, 1.54) is 0 Å². The molecule has 180 valence electrons. The predicted octanol–water partition coefficient (Wildman–Crippen LogP) is 7.62. The van der Waals surface area contributed by atoms with E-state index in [2.05, 4.69) is 0 Å². The van der Waals surface area contributed by atoms with Crippen LogP contribution < -0.4 is 14.4 Å². The van der Waals surface area contributed by atoms with Gasteiger partial charge in [-0.1, -0.05) is 29.3 Å². The maximum absolute atomic E-state index is 13.5. The van der Waals surface area contributed by atoms with E-state index in [-0.39, 0.29) is 5.57 Å². The molecule has 35 heavy (non-hydrogen) atoms. The standard InChI is InChI=1S/C27H23Cl2NO5/c1-27(2,3)35-26(32)30-23-15-18(29)5-11-21(23)22(25(30)31)14-16-13-17(28)6-12-24(16)34-20-9-7-19(33-4)8-10-20/h5-15H,1-4H3/b22-14+. The first-order valence-electron chi connectivity index (χ1n) is 10.8. The van der Waals surface area contributed by atoms with Crippen molar-refractivity contribution in [2.75, 3.05) is 12.0 Å². The Balaban J connectivity index is 1.77. The van der Waals surface area contributed by atoms with Crippen LogP contribution in [0.25, 0.3) is 11.6 Å². The van der Waals surface area contributed by atoms with E-state index >= 15 is 0 Å². The lowest BCUT2D eigenvalue weighted by Crippen LogP contribution is -2.38. The molecular weight excluding hydrogens is 489 g/mol. The molecule has 0 fully saturated rings. The molecule has 0 aliphatic carbocycles. The Morgan fingerprint density at radius 2 is 1.54 bits per heavy atom. The molecule has 0 radical (unpaired) electrons. The van der Waals surface area contributed by atoms with Crippen molar-refractivity contribution in [2.45, 2.75) is 26.4 Å². The molecule has 0 N–H and O–H groups in total. The van der Waals surface area contributed by atoms with Gasteiger partial charge in [-0.2, -0.15) is 0 Å². The highest BCUT2D eigenvalue weighted by atomic mass is 35.5. The summed E-state index contributed by atoms with van der Waals surface area (Å²) >= 11 is 12.4. The Morgan fingerprint density at radius 3 is 2.20 bits per heavy atom. The number of hydrogen-bond donors (Lipinski definition) is 0. The van der Waals surface area contributed by atoms with Gasteiger partial charge in [0.1, 0.15) is 22.8 Å². The molecule has 0 bridgehead atoms. The number of halogens is 2. The number of ether oxygens (including phenoxy) is 3. The molecule has 3 aromatic rings. The summed E-state index contributed by atoms with van der Waals surface area (Å²) in [6.07, 6.45) is 0.861. The number of imide groups is 1. The lowest BCUT2D eigenvalue weighted by molar-refractivity contribution is -0.112. The largest absolute Gasteiger partial charge is 0.497 e. The zero-order valence-corrected chi connectivity index (χ0v) is 21.1. The third-order valence-electron chi connectivity index (χ3n) is 5.06. The molecule has 4 rings (SSSR count). The number of methoxy groups -OCH3 is 1. The van der Waals surface area contributed by atoms with Crippen LogP contribution >= 0.6 is 23.2 Å². The van der Waals surface area contributed by atoms with E-state index < -0.39 is 17.6 Å². The molecule has 1 aliphatic rings. The number of anilines is 1. The molecule has 2 amide bonds. The van der Waals surface area contributed by atoms with Gasteiger partial charge in [0.15, 0.2) is 0 Å². The fraction of sp³-hybridized carbons (Fsp3) is 0.185. The Kier molecular flexibility index (Phi) is 6.79. The van der Waals surface area contributed by atoms with Crippen molar-refractivity contribution in [2.24, 2.45) is 0 Å². The second-order valence-electron chi connectivity index (χ2n) is 8.80. The highest BCUT2D eigenvalue weighted by Crippen LogP contribution is 2.41. The number of benzene rings is 3. The lowest BCUT2D eigenvalue weighted by Gasteiger charge is -2.23. The van der Waals surface area contributed by atoms with Crippen molar-refractivity contribution < 1.29 is 23.8 Å². The zero-order valence-electron chi connectivity index (χ0n) is 19.6. The summed E-state index contributed by atoms with van der Waals surface area (Å²) in [4.78, 5) is 27.4. The third kappa shape index (κ3) is 5.45. The normalized spacial score (nSPS) is 14.2. The Hall–Kier alpha value is -3.48. The van der Waals surface area contributed by atoms with Crippen molar-refractivity contribution in [3.05, 3.63) is 81.8 Å². The smallest absolute Gasteiger partial charge is 0.422 e. The Bertz CT molecular complexity index is 1330. The molecule has 6 nitrogen and oxygen atoms in total. The minimum atomic E-state index is -0.783. The summed E-state index contributed by atoms with van der Waals surface area (Å²) in [5, 5.41) is 0.849. The molecular formula is C27H23Cl2NO5. The molecule has 0 atom stereocenters. The molecule has 3 aromatic carbocycles. The number of carbonyl (C=O) groups excluding carboxylic acids is 2. The number of rotatable bonds is 4. The number of amides is 2. The van der Waals surface area contributed by atoms with Gasteiger partial charge >= 0.3 is 6.09 Å². The average molecular weight is 512 g/mol. The van der Waals surface area contributed by atoms with E-state index in [4.69, 9.17) is 37.4 Å². The molecule has 0 unspecified atom stereocenters. The van der Waals surface area contributed by atoms with E-state index in [0.717, 1.165) is 4.90 Å². The van der Waals surface area contributed by atoms with Gasteiger partial charge in [-0.05, 0) is 81.4 Å². The summed E-state index contributed by atoms with van der Waals surface area (Å²) in [5.41, 5.74) is 0.950. The van der Waals surface area contributed by atoms with Gasteiger partial charge in [-0.3, -0.25) is 4.79 Å². The van der Waals surface area contributed by atoms with Gasteiger partial charge in [-0.15, -0.1) is 0 Å². The van der Waals surface area contributed by atoms with E-state index in [0.29, 0.717) is 44.1 Å². The van der Waals surface area contributed by atoms with Crippen LogP contribution in [0.1, 0.15) is 31.9 Å². The highest BCUT2D eigenvalue weighted by molar-refractivity contribution is 6.42. The van der Waals surface area contributed by atoms with Crippen molar-refractivity contribution >= 4 is 52.5 Å². The fourth-order valence-corrected chi connectivity index (χ4v) is 3.89. The molecule has 8 heteroatoms. The van der Waals surface area contributed by atoms with Crippen LogP contribution in [0, 0.1) is 0 Å². The fourth-order valence-electron chi connectivity index (χ4n) is 3.54. The molecule has 1 heterocycles. The van der Waals surface area contributed by atoms with Crippen molar-refractivity contribution in [3.8, 4) is 17.2 Å². The van der Waals surface area contributed by atoms with E-state index in [1.807, 2.05) is 0 Å². The summed E-state index contributed by atoms with van der Waals surface area (Å²) in [7, 11) is 1.59. The third-order valence-corrected chi connectivity index (χ3v) is 5.53. The Morgan fingerprint density at radius 1 is 0.914 bits per heavy atom. The summed E-state index contributed by atoms with van der Waals surface area (Å²) in [5.74, 6) is 1.22. The predicted molar refractivity (Wildman–Crippen MR) is 138 cm³/mol. The molecule has 0 spiro atoms. The van der Waals surface area contributed by atoms with Crippen molar-refractivity contribution in [3.63, 3.8) is 0 Å².